The van der Waals surface area contributed by atoms with E-state index in [1.165, 1.54) is 5.56 Å². The van der Waals surface area contributed by atoms with Crippen LogP contribution >= 0.6 is 0 Å². The second-order valence-corrected chi connectivity index (χ2v) is 4.78. The average molecular weight is 286 g/mol. The highest BCUT2D eigenvalue weighted by atomic mass is 16.5. The lowest BCUT2D eigenvalue weighted by atomic mass is 10.00. The average Bonchev–Trinajstić information content (AvgIpc) is 2.55. The summed E-state index contributed by atoms with van der Waals surface area (Å²) in [5.74, 6) is 1.48. The third-order valence-corrected chi connectivity index (χ3v) is 3.32. The number of benzene rings is 1. The van der Waals surface area contributed by atoms with Crippen LogP contribution in [0, 0.1) is 0 Å². The third kappa shape index (κ3) is 3.73. The van der Waals surface area contributed by atoms with E-state index in [-0.39, 0.29) is 0 Å². The molecule has 112 valence electrons. The van der Waals surface area contributed by atoms with Crippen molar-refractivity contribution in [3.8, 4) is 22.6 Å². The smallest absolute Gasteiger partial charge is 0.161 e. The Morgan fingerprint density at radius 1 is 1.14 bits per heavy atom. The molecule has 1 heterocycles. The quantitative estimate of drug-likeness (QED) is 0.793. The third-order valence-electron chi connectivity index (χ3n) is 3.32. The van der Waals surface area contributed by atoms with Gasteiger partial charge in [0.05, 0.1) is 14.2 Å². The van der Waals surface area contributed by atoms with Crippen molar-refractivity contribution in [1.29, 1.82) is 0 Å². The van der Waals surface area contributed by atoms with Crippen LogP contribution in [0.5, 0.6) is 11.5 Å². The van der Waals surface area contributed by atoms with Gasteiger partial charge in [0.1, 0.15) is 0 Å². The number of pyridine rings is 1. The van der Waals surface area contributed by atoms with Crippen molar-refractivity contribution in [2.24, 2.45) is 0 Å². The van der Waals surface area contributed by atoms with Crippen molar-refractivity contribution in [3.05, 3.63) is 42.2 Å². The Balaban J connectivity index is 2.44. The number of hydrogen-bond acceptors (Lipinski definition) is 4. The molecule has 0 bridgehead atoms. The van der Waals surface area contributed by atoms with E-state index in [1.807, 2.05) is 24.4 Å². The molecule has 2 rings (SSSR count). The lowest BCUT2D eigenvalue weighted by Crippen LogP contribution is -2.14. The largest absolute Gasteiger partial charge is 0.493 e. The van der Waals surface area contributed by atoms with Crippen LogP contribution < -0.4 is 14.8 Å². The van der Waals surface area contributed by atoms with E-state index < -0.39 is 0 Å². The van der Waals surface area contributed by atoms with Crippen molar-refractivity contribution in [2.45, 2.75) is 19.9 Å². The monoisotopic (exact) mass is 286 g/mol. The summed E-state index contributed by atoms with van der Waals surface area (Å²) < 4.78 is 10.8. The molecule has 0 aliphatic heterocycles. The second kappa shape index (κ2) is 7.64. The molecule has 0 radical (unpaired) electrons. The molecule has 1 aromatic carbocycles. The molecule has 1 aromatic heterocycles. The molecule has 2 aromatic rings. The Hall–Kier alpha value is -2.07. The summed E-state index contributed by atoms with van der Waals surface area (Å²) in [5, 5.41) is 3.43. The summed E-state index contributed by atoms with van der Waals surface area (Å²) in [6, 6.07) is 8.04. The predicted molar refractivity (Wildman–Crippen MR) is 84.8 cm³/mol. The minimum Gasteiger partial charge on any atom is -0.493 e. The van der Waals surface area contributed by atoms with E-state index in [0.29, 0.717) is 0 Å². The van der Waals surface area contributed by atoms with Crippen molar-refractivity contribution >= 4 is 0 Å². The first-order valence-electron chi connectivity index (χ1n) is 7.16. The van der Waals surface area contributed by atoms with Gasteiger partial charge in [-0.2, -0.15) is 0 Å². The SMILES string of the molecule is CCCNCc1cc(OC)c(OC)cc1-c1cccnc1. The Bertz CT molecular complexity index is 571. The molecule has 0 spiro atoms. The zero-order valence-corrected chi connectivity index (χ0v) is 12.8. The molecule has 0 unspecified atom stereocenters. The normalized spacial score (nSPS) is 10.4. The molecule has 0 atom stereocenters. The van der Waals surface area contributed by atoms with Gasteiger partial charge in [0.25, 0.3) is 0 Å². The molecule has 0 saturated carbocycles. The zero-order chi connectivity index (χ0) is 15.1. The first kappa shape index (κ1) is 15.3. The van der Waals surface area contributed by atoms with Crippen molar-refractivity contribution < 1.29 is 9.47 Å². The second-order valence-electron chi connectivity index (χ2n) is 4.78. The lowest BCUT2D eigenvalue weighted by molar-refractivity contribution is 0.354. The summed E-state index contributed by atoms with van der Waals surface area (Å²) >= 11 is 0. The highest BCUT2D eigenvalue weighted by Crippen LogP contribution is 2.35. The van der Waals surface area contributed by atoms with Gasteiger partial charge in [-0.05, 0) is 42.3 Å². The summed E-state index contributed by atoms with van der Waals surface area (Å²) in [7, 11) is 3.31. The van der Waals surface area contributed by atoms with Gasteiger partial charge in [-0.15, -0.1) is 0 Å². The summed E-state index contributed by atoms with van der Waals surface area (Å²) in [6.07, 6.45) is 4.75. The van der Waals surface area contributed by atoms with Gasteiger partial charge in [0, 0.05) is 24.5 Å². The van der Waals surface area contributed by atoms with E-state index in [1.54, 1.807) is 20.4 Å². The topological polar surface area (TPSA) is 43.4 Å². The molecule has 4 heteroatoms. The van der Waals surface area contributed by atoms with Crippen molar-refractivity contribution in [2.75, 3.05) is 20.8 Å². The van der Waals surface area contributed by atoms with Crippen molar-refractivity contribution in [1.82, 2.24) is 10.3 Å². The Morgan fingerprint density at radius 2 is 1.90 bits per heavy atom. The molecule has 0 aliphatic rings. The number of methoxy groups -OCH3 is 2. The number of hydrogen-bond donors (Lipinski definition) is 1. The molecular weight excluding hydrogens is 264 g/mol. The van der Waals surface area contributed by atoms with Crippen LogP contribution in [-0.2, 0) is 6.54 Å². The van der Waals surface area contributed by atoms with Crippen LogP contribution in [0.4, 0.5) is 0 Å². The van der Waals surface area contributed by atoms with Gasteiger partial charge >= 0.3 is 0 Å². The highest BCUT2D eigenvalue weighted by Gasteiger charge is 2.12. The van der Waals surface area contributed by atoms with Crippen molar-refractivity contribution in [3.63, 3.8) is 0 Å². The van der Waals surface area contributed by atoms with Crippen LogP contribution in [0.1, 0.15) is 18.9 Å². The fourth-order valence-corrected chi connectivity index (χ4v) is 2.26. The van der Waals surface area contributed by atoms with Gasteiger partial charge in [0.2, 0.25) is 0 Å². The molecule has 1 N–H and O–H groups in total. The van der Waals surface area contributed by atoms with Gasteiger partial charge in [-0.3, -0.25) is 4.98 Å². The maximum Gasteiger partial charge on any atom is 0.161 e. The molecule has 21 heavy (non-hydrogen) atoms. The van der Waals surface area contributed by atoms with Crippen LogP contribution in [0.2, 0.25) is 0 Å². The number of rotatable bonds is 7. The maximum atomic E-state index is 5.41. The minimum absolute atomic E-state index is 0.732. The van der Waals surface area contributed by atoms with Crippen LogP contribution in [0.25, 0.3) is 11.1 Å². The summed E-state index contributed by atoms with van der Waals surface area (Å²) in [4.78, 5) is 4.20. The zero-order valence-electron chi connectivity index (χ0n) is 12.8. The Morgan fingerprint density at radius 3 is 2.52 bits per heavy atom. The number of aromatic nitrogens is 1. The fraction of sp³-hybridized carbons (Fsp3) is 0.353. The van der Waals surface area contributed by atoms with E-state index in [0.717, 1.165) is 42.1 Å². The standard InChI is InChI=1S/C17H22N2O2/c1-4-7-18-12-14-9-16(20-2)17(21-3)10-15(14)13-6-5-8-19-11-13/h5-6,8-11,18H,4,7,12H2,1-3H3. The molecule has 0 saturated heterocycles. The lowest BCUT2D eigenvalue weighted by Gasteiger charge is -2.15. The predicted octanol–water partition coefficient (Wildman–Crippen LogP) is 3.27. The molecule has 0 fully saturated rings. The Kier molecular flexibility index (Phi) is 5.58. The van der Waals surface area contributed by atoms with Gasteiger partial charge < -0.3 is 14.8 Å². The van der Waals surface area contributed by atoms with Crippen LogP contribution in [0.3, 0.4) is 0 Å². The molecule has 0 aliphatic carbocycles. The van der Waals surface area contributed by atoms with E-state index in [4.69, 9.17) is 9.47 Å². The number of nitrogens with one attached hydrogen (secondary N) is 1. The number of nitrogens with zero attached hydrogens (tertiary/aromatic N) is 1. The van der Waals surface area contributed by atoms with Crippen LogP contribution in [0.15, 0.2) is 36.7 Å². The minimum atomic E-state index is 0.732. The summed E-state index contributed by atoms with van der Waals surface area (Å²) in [6.45, 7) is 3.93. The first-order valence-corrected chi connectivity index (χ1v) is 7.16. The van der Waals surface area contributed by atoms with E-state index >= 15 is 0 Å². The maximum absolute atomic E-state index is 5.41. The Labute approximate surface area is 126 Å². The van der Waals surface area contributed by atoms with Gasteiger partial charge in [0.15, 0.2) is 11.5 Å². The molecule has 0 amide bonds. The highest BCUT2D eigenvalue weighted by molar-refractivity contribution is 5.70. The fourth-order valence-electron chi connectivity index (χ4n) is 2.26. The molecule has 4 nitrogen and oxygen atoms in total. The first-order chi connectivity index (χ1) is 10.3. The van der Waals surface area contributed by atoms with Crippen LogP contribution in [-0.4, -0.2) is 25.7 Å². The summed E-state index contributed by atoms with van der Waals surface area (Å²) in [5.41, 5.74) is 3.37. The van der Waals surface area contributed by atoms with Gasteiger partial charge in [-0.1, -0.05) is 13.0 Å². The van der Waals surface area contributed by atoms with E-state index in [2.05, 4.69) is 23.3 Å². The molecular formula is C17H22N2O2. The van der Waals surface area contributed by atoms with E-state index in [9.17, 15) is 0 Å². The number of ether oxygens (including phenoxy) is 2. The van der Waals surface area contributed by atoms with Gasteiger partial charge in [-0.25, -0.2) is 0 Å².